The first-order chi connectivity index (χ1) is 20.2. The lowest BCUT2D eigenvalue weighted by Crippen LogP contribution is -2.43. The van der Waals surface area contributed by atoms with Crippen molar-refractivity contribution in [2.45, 2.75) is 76.4 Å². The number of amides is 1. The molecule has 14 heteroatoms. The molecule has 0 bridgehead atoms. The van der Waals surface area contributed by atoms with E-state index in [0.717, 1.165) is 50.8 Å². The Hall–Kier alpha value is -3.65. The molecular formula is C28H35F3N8O3. The summed E-state index contributed by atoms with van der Waals surface area (Å²) in [5.41, 5.74) is 3.66. The molecule has 2 aliphatic heterocycles. The second-order valence-corrected chi connectivity index (χ2v) is 11.3. The van der Waals surface area contributed by atoms with Gasteiger partial charge in [-0.1, -0.05) is 18.6 Å². The number of nitrogens with one attached hydrogen (secondary N) is 3. The summed E-state index contributed by atoms with van der Waals surface area (Å²) in [6, 6.07) is 5.38. The van der Waals surface area contributed by atoms with Crippen molar-refractivity contribution in [1.82, 2.24) is 30.3 Å². The first-order valence-electron chi connectivity index (χ1n) is 14.4. The quantitative estimate of drug-likeness (QED) is 0.326. The molecule has 1 aromatic carbocycles. The largest absolute Gasteiger partial charge is 0.427 e. The van der Waals surface area contributed by atoms with Crippen LogP contribution in [-0.2, 0) is 22.3 Å². The number of imidazole rings is 1. The summed E-state index contributed by atoms with van der Waals surface area (Å²) in [5.74, 6) is 1.97. The number of aromatic nitrogens is 4. The fourth-order valence-corrected chi connectivity index (χ4v) is 5.93. The standard InChI is InChI=1S/C28H35F3N8O3/c1-16(18-6-5-7-18)32-22-21-23(34-24(33-22)25-36-27(40)42-37-25)35-26(38-13-4-3-8-20(38)15-41-2)39(21)14-17-9-11-19(12-10-17)28(29,30)31/h9-12,16,18,20,25,37H,3-8,13-15H2,1-2H3,(H,36,40)(H,32,33,34)/t16-,20?,25?/m1/s1. The summed E-state index contributed by atoms with van der Waals surface area (Å²) in [5, 5.41) is 6.23. The minimum Gasteiger partial charge on any atom is -0.383 e. The van der Waals surface area contributed by atoms with Gasteiger partial charge < -0.3 is 24.4 Å². The van der Waals surface area contributed by atoms with Crippen LogP contribution < -0.4 is 21.0 Å². The van der Waals surface area contributed by atoms with E-state index in [1.807, 2.05) is 4.57 Å². The molecule has 2 saturated heterocycles. The normalized spacial score (nSPS) is 22.1. The molecule has 42 heavy (non-hydrogen) atoms. The van der Waals surface area contributed by atoms with Crippen molar-refractivity contribution in [2.24, 2.45) is 5.92 Å². The maximum absolute atomic E-state index is 13.3. The van der Waals surface area contributed by atoms with E-state index in [1.165, 1.54) is 18.6 Å². The number of hydrogen-bond donors (Lipinski definition) is 3. The number of ether oxygens (including phenoxy) is 1. The molecule has 2 unspecified atom stereocenters. The number of hydroxylamine groups is 1. The number of fused-ring (bicyclic) bond motifs is 1. The monoisotopic (exact) mass is 588 g/mol. The number of alkyl halides is 3. The molecule has 3 fully saturated rings. The maximum atomic E-state index is 13.3. The van der Waals surface area contributed by atoms with Crippen LogP contribution in [-0.4, -0.2) is 58.0 Å². The van der Waals surface area contributed by atoms with Gasteiger partial charge in [-0.2, -0.15) is 18.2 Å². The summed E-state index contributed by atoms with van der Waals surface area (Å²) in [6.07, 6.45) is 0.560. The summed E-state index contributed by atoms with van der Waals surface area (Å²) >= 11 is 0. The minimum absolute atomic E-state index is 0.0776. The van der Waals surface area contributed by atoms with Crippen molar-refractivity contribution in [1.29, 1.82) is 0 Å². The highest BCUT2D eigenvalue weighted by molar-refractivity contribution is 5.86. The highest BCUT2D eigenvalue weighted by atomic mass is 19.4. The molecule has 2 aromatic heterocycles. The van der Waals surface area contributed by atoms with Gasteiger partial charge in [-0.15, -0.1) is 5.48 Å². The lowest BCUT2D eigenvalue weighted by Gasteiger charge is -2.36. The molecule has 3 aliphatic rings. The van der Waals surface area contributed by atoms with E-state index in [-0.39, 0.29) is 24.5 Å². The number of rotatable bonds is 9. The number of carbonyl (C=O) groups is 1. The number of anilines is 2. The molecule has 4 heterocycles. The Morgan fingerprint density at radius 3 is 2.55 bits per heavy atom. The lowest BCUT2D eigenvalue weighted by atomic mass is 9.80. The fraction of sp³-hybridized carbons (Fsp3) is 0.571. The molecule has 0 radical (unpaired) electrons. The van der Waals surface area contributed by atoms with Crippen LogP contribution in [0.3, 0.4) is 0 Å². The Morgan fingerprint density at radius 1 is 1.12 bits per heavy atom. The van der Waals surface area contributed by atoms with Crippen LogP contribution >= 0.6 is 0 Å². The van der Waals surface area contributed by atoms with Crippen LogP contribution in [0.5, 0.6) is 0 Å². The van der Waals surface area contributed by atoms with Gasteiger partial charge in [0.2, 0.25) is 5.95 Å². The number of hydrogen-bond acceptors (Lipinski definition) is 9. The van der Waals surface area contributed by atoms with E-state index in [2.05, 4.69) is 27.9 Å². The van der Waals surface area contributed by atoms with Gasteiger partial charge in [-0.05, 0) is 62.6 Å². The van der Waals surface area contributed by atoms with Crippen LogP contribution in [0.1, 0.15) is 68.6 Å². The van der Waals surface area contributed by atoms with Gasteiger partial charge in [-0.25, -0.2) is 14.8 Å². The zero-order chi connectivity index (χ0) is 29.4. The fourth-order valence-electron chi connectivity index (χ4n) is 5.93. The predicted octanol–water partition coefficient (Wildman–Crippen LogP) is 4.74. The van der Waals surface area contributed by atoms with Crippen LogP contribution in [0.4, 0.5) is 29.7 Å². The number of methoxy groups -OCH3 is 1. The second-order valence-electron chi connectivity index (χ2n) is 11.3. The van der Waals surface area contributed by atoms with E-state index < -0.39 is 24.0 Å². The molecule has 1 aliphatic carbocycles. The van der Waals surface area contributed by atoms with Crippen LogP contribution in [0.25, 0.3) is 11.2 Å². The zero-order valence-corrected chi connectivity index (χ0v) is 23.6. The first-order valence-corrected chi connectivity index (χ1v) is 14.4. The third-order valence-corrected chi connectivity index (χ3v) is 8.48. The summed E-state index contributed by atoms with van der Waals surface area (Å²) in [4.78, 5) is 33.4. The van der Waals surface area contributed by atoms with Gasteiger partial charge in [0.15, 0.2) is 23.5 Å². The van der Waals surface area contributed by atoms with E-state index in [0.29, 0.717) is 41.0 Å². The van der Waals surface area contributed by atoms with E-state index in [4.69, 9.17) is 24.5 Å². The van der Waals surface area contributed by atoms with Crippen LogP contribution in [0.2, 0.25) is 0 Å². The first kappa shape index (κ1) is 28.5. The summed E-state index contributed by atoms with van der Waals surface area (Å²) in [7, 11) is 1.67. The maximum Gasteiger partial charge on any atom is 0.427 e. The summed E-state index contributed by atoms with van der Waals surface area (Å²) in [6.45, 7) is 3.64. The van der Waals surface area contributed by atoms with Gasteiger partial charge >= 0.3 is 12.3 Å². The molecule has 226 valence electrons. The SMILES string of the molecule is COCC1CCCCN1c1nc2nc(C3NOC(=O)N3)nc(N[C@H](C)C3CCC3)c2n1Cc1ccc(C(F)(F)F)cc1. The average molecular weight is 589 g/mol. The van der Waals surface area contributed by atoms with E-state index in [9.17, 15) is 18.0 Å². The topological polar surface area (TPSA) is 118 Å². The molecular weight excluding hydrogens is 553 g/mol. The molecule has 3 atom stereocenters. The van der Waals surface area contributed by atoms with Crippen molar-refractivity contribution in [3.8, 4) is 0 Å². The third kappa shape index (κ3) is 5.69. The van der Waals surface area contributed by atoms with Crippen molar-refractivity contribution in [3.05, 3.63) is 41.2 Å². The molecule has 3 aromatic rings. The lowest BCUT2D eigenvalue weighted by molar-refractivity contribution is -0.137. The van der Waals surface area contributed by atoms with Gasteiger partial charge in [-0.3, -0.25) is 5.32 Å². The second kappa shape index (κ2) is 11.6. The molecule has 1 saturated carbocycles. The van der Waals surface area contributed by atoms with Crippen molar-refractivity contribution < 1.29 is 27.5 Å². The number of benzene rings is 1. The molecule has 3 N–H and O–H groups in total. The Morgan fingerprint density at radius 2 is 1.90 bits per heavy atom. The van der Waals surface area contributed by atoms with Gasteiger partial charge in [0, 0.05) is 19.7 Å². The zero-order valence-electron chi connectivity index (χ0n) is 23.6. The third-order valence-electron chi connectivity index (χ3n) is 8.48. The number of halogens is 3. The van der Waals surface area contributed by atoms with Crippen molar-refractivity contribution in [3.63, 3.8) is 0 Å². The van der Waals surface area contributed by atoms with Gasteiger partial charge in [0.1, 0.15) is 5.52 Å². The van der Waals surface area contributed by atoms with Crippen molar-refractivity contribution in [2.75, 3.05) is 30.5 Å². The molecule has 11 nitrogen and oxygen atoms in total. The number of nitrogens with zero attached hydrogens (tertiary/aromatic N) is 5. The van der Waals surface area contributed by atoms with Crippen LogP contribution in [0.15, 0.2) is 24.3 Å². The highest BCUT2D eigenvalue weighted by Gasteiger charge is 2.34. The number of carbonyl (C=O) groups excluding carboxylic acids is 1. The van der Waals surface area contributed by atoms with Crippen LogP contribution in [0, 0.1) is 5.92 Å². The molecule has 6 rings (SSSR count). The molecule has 1 amide bonds. The minimum atomic E-state index is -4.42. The number of piperidine rings is 1. The molecule has 0 spiro atoms. The Labute approximate surface area is 241 Å². The van der Waals surface area contributed by atoms with E-state index >= 15 is 0 Å². The van der Waals surface area contributed by atoms with Gasteiger partial charge in [0.25, 0.3) is 0 Å². The average Bonchev–Trinajstić information content (AvgIpc) is 3.52. The van der Waals surface area contributed by atoms with Crippen molar-refractivity contribution >= 4 is 29.0 Å². The highest BCUT2D eigenvalue weighted by Crippen LogP contribution is 2.36. The summed E-state index contributed by atoms with van der Waals surface area (Å²) < 4.78 is 47.4. The van der Waals surface area contributed by atoms with Gasteiger partial charge in [0.05, 0.1) is 24.8 Å². The Bertz CT molecular complexity index is 1420. The van der Waals surface area contributed by atoms with E-state index in [1.54, 1.807) is 7.11 Å². The smallest absolute Gasteiger partial charge is 0.383 e. The predicted molar refractivity (Wildman–Crippen MR) is 149 cm³/mol. The Kier molecular flexibility index (Phi) is 7.83. The Balaban J connectivity index is 1.48.